The first-order chi connectivity index (χ1) is 2.00. The molecule has 0 rings (SSSR count). The minimum Gasteiger partial charge on any atom is -0.322 e. The van der Waals surface area contributed by atoms with Crippen molar-refractivity contribution in [1.82, 2.24) is 0 Å². The van der Waals surface area contributed by atoms with E-state index in [0.29, 0.717) is 0 Å². The molecule has 0 aromatic carbocycles. The van der Waals surface area contributed by atoms with E-state index < -0.39 is 7.28 Å². The van der Waals surface area contributed by atoms with E-state index in [1.165, 1.54) is 8.93 Å². The Morgan fingerprint density at radius 2 is 1.50 bits per heavy atom. The molecule has 6 heteroatoms. The van der Waals surface area contributed by atoms with E-state index in [4.69, 9.17) is 9.79 Å². The Hall–Kier alpha value is 1.06. The van der Waals surface area contributed by atoms with Gasteiger partial charge in [0.1, 0.15) is 0 Å². The molecule has 0 fully saturated rings. The summed E-state index contributed by atoms with van der Waals surface area (Å²) in [4.78, 5) is 15.2. The van der Waals surface area contributed by atoms with Gasteiger partial charge in [-0.05, 0) is 8.93 Å². The zero-order chi connectivity index (χ0) is 4.50. The Labute approximate surface area is 48.2 Å². The predicted octanol–water partition coefficient (Wildman–Crippen LogP) is 0.532. The maximum atomic E-state index is 9.29. The average Bonchev–Trinajstić information content (AvgIpc) is 0.722. The third-order valence-corrected chi connectivity index (χ3v) is 0. The van der Waals surface area contributed by atoms with Crippen LogP contribution in [0.5, 0.6) is 0 Å². The second-order valence-electron chi connectivity index (χ2n) is 0.589. The molecule has 0 bridgehead atoms. The van der Waals surface area contributed by atoms with Crippen LogP contribution in [-0.2, 0) is 4.57 Å². The van der Waals surface area contributed by atoms with Crippen LogP contribution in [0.25, 0.3) is 0 Å². The van der Waals surface area contributed by atoms with Crippen LogP contribution in [0.4, 0.5) is 0 Å². The van der Waals surface area contributed by atoms with Crippen molar-refractivity contribution in [2.24, 2.45) is 0 Å². The quantitative estimate of drug-likeness (QED) is 0.554. The lowest BCUT2D eigenvalue weighted by Crippen LogP contribution is -1.53. The molecule has 0 aromatic heterocycles. The maximum absolute atomic E-state index is 9.29. The molecule has 1 atom stereocenters. The van der Waals surface area contributed by atoms with E-state index in [0.717, 1.165) is 0 Å². The van der Waals surface area contributed by atoms with Crippen LogP contribution in [0, 0.1) is 0 Å². The minimum atomic E-state index is -3.72. The lowest BCUT2D eigenvalue weighted by molar-refractivity contribution is 0.397. The van der Waals surface area contributed by atoms with Gasteiger partial charge in [0.15, 0.2) is 0 Å². The minimum absolute atomic E-state index is 0. The van der Waals surface area contributed by atoms with Crippen molar-refractivity contribution in [3.8, 4) is 0 Å². The van der Waals surface area contributed by atoms with Crippen LogP contribution in [0.2, 0.25) is 0 Å². The van der Waals surface area contributed by atoms with Crippen molar-refractivity contribution in [3.05, 3.63) is 0 Å². The zero-order valence-corrected chi connectivity index (χ0v) is 6.50. The van der Waals surface area contributed by atoms with E-state index >= 15 is 0 Å². The molecular formula is H5BrO3P2. The number of rotatable bonds is 0. The van der Waals surface area contributed by atoms with Gasteiger partial charge in [0.2, 0.25) is 0 Å². The molecule has 1 unspecified atom stereocenters. The second-order valence-corrected chi connectivity index (χ2v) is 3.79. The Bertz CT molecular complexity index is 54.9. The van der Waals surface area contributed by atoms with Crippen molar-refractivity contribution in [2.45, 2.75) is 0 Å². The molecule has 0 aliphatic rings. The average molecular weight is 195 g/mol. The molecule has 0 spiro atoms. The van der Waals surface area contributed by atoms with Crippen molar-refractivity contribution in [2.75, 3.05) is 0 Å². The molecule has 0 radical (unpaired) electrons. The summed E-state index contributed by atoms with van der Waals surface area (Å²) in [7, 11) is -2.34. The van der Waals surface area contributed by atoms with Crippen molar-refractivity contribution in [3.63, 3.8) is 0 Å². The summed E-state index contributed by atoms with van der Waals surface area (Å²) >= 11 is 0. The zero-order valence-electron chi connectivity index (χ0n) is 2.74. The first-order valence-corrected chi connectivity index (χ1v) is 4.07. The van der Waals surface area contributed by atoms with Crippen molar-refractivity contribution >= 4 is 33.2 Å². The second kappa shape index (κ2) is 3.11. The summed E-state index contributed by atoms with van der Waals surface area (Å²) in [6, 6.07) is 0. The fraction of sp³-hybridized carbons (Fsp3) is 0. The summed E-state index contributed by atoms with van der Waals surface area (Å²) in [5, 5.41) is 0. The molecule has 0 aliphatic carbocycles. The van der Waals surface area contributed by atoms with Gasteiger partial charge in [0, 0.05) is 0 Å². The fourth-order valence-electron chi connectivity index (χ4n) is 0. The Balaban J connectivity index is 0. The van der Waals surface area contributed by atoms with Crippen LogP contribution in [0.1, 0.15) is 0 Å². The lowest BCUT2D eigenvalue weighted by Gasteiger charge is -1.84. The molecule has 0 aliphatic heterocycles. The molecular weight excluding hydrogens is 190 g/mol. The van der Waals surface area contributed by atoms with Gasteiger partial charge in [-0.15, -0.1) is 17.0 Å². The summed E-state index contributed by atoms with van der Waals surface area (Å²) in [6.45, 7) is 0. The Morgan fingerprint density at radius 3 is 1.50 bits per heavy atom. The van der Waals surface area contributed by atoms with Gasteiger partial charge in [0.25, 0.3) is 0 Å². The molecule has 2 N–H and O–H groups in total. The van der Waals surface area contributed by atoms with E-state index in [1.807, 2.05) is 0 Å². The predicted molar refractivity (Wildman–Crippen MR) is 32.1 cm³/mol. The van der Waals surface area contributed by atoms with Gasteiger partial charge < -0.3 is 9.79 Å². The van der Waals surface area contributed by atoms with E-state index in [2.05, 4.69) is 0 Å². The molecule has 0 saturated heterocycles. The van der Waals surface area contributed by atoms with Crippen LogP contribution >= 0.6 is 33.2 Å². The largest absolute Gasteiger partial charge is 0.338 e. The van der Waals surface area contributed by atoms with E-state index in [-0.39, 0.29) is 17.0 Å². The van der Waals surface area contributed by atoms with Gasteiger partial charge in [-0.1, -0.05) is 0 Å². The van der Waals surface area contributed by atoms with Gasteiger partial charge in [0.05, 0.1) is 0 Å². The van der Waals surface area contributed by atoms with Gasteiger partial charge in [-0.25, -0.2) is 0 Å². The molecule has 6 heavy (non-hydrogen) atoms. The van der Waals surface area contributed by atoms with E-state index in [1.54, 1.807) is 0 Å². The maximum Gasteiger partial charge on any atom is 0.338 e. The van der Waals surface area contributed by atoms with Gasteiger partial charge in [-0.2, -0.15) is 0 Å². The molecule has 0 heterocycles. The lowest BCUT2D eigenvalue weighted by atomic mass is 15.8. The highest BCUT2D eigenvalue weighted by Crippen LogP contribution is 2.43. The SMILES string of the molecule is Br.O=P(O)(O)P. The third kappa shape index (κ3) is 74.2. The summed E-state index contributed by atoms with van der Waals surface area (Å²) in [5.41, 5.74) is 0. The highest BCUT2D eigenvalue weighted by Gasteiger charge is 1.95. The Kier molecular flexibility index (Phi) is 5.25. The summed E-state index contributed by atoms with van der Waals surface area (Å²) in [5.74, 6) is 0. The molecule has 0 saturated carbocycles. The van der Waals surface area contributed by atoms with Crippen LogP contribution in [-0.4, -0.2) is 9.79 Å². The first kappa shape index (κ1) is 10.1. The smallest absolute Gasteiger partial charge is 0.322 e. The van der Waals surface area contributed by atoms with Gasteiger partial charge in [-0.3, -0.25) is 4.57 Å². The third-order valence-electron chi connectivity index (χ3n) is 0. The monoisotopic (exact) mass is 194 g/mol. The topological polar surface area (TPSA) is 57.5 Å². The highest BCUT2D eigenvalue weighted by molar-refractivity contribution is 8.93. The molecule has 40 valence electrons. The Morgan fingerprint density at radius 1 is 1.50 bits per heavy atom. The normalized spacial score (nSPS) is 9.83. The number of hydrogen-bond acceptors (Lipinski definition) is 1. The first-order valence-electron chi connectivity index (χ1n) is 0.841. The van der Waals surface area contributed by atoms with Gasteiger partial charge >= 0.3 is 7.28 Å². The molecule has 3 nitrogen and oxygen atoms in total. The highest BCUT2D eigenvalue weighted by atomic mass is 79.9. The van der Waals surface area contributed by atoms with Crippen LogP contribution in [0.3, 0.4) is 0 Å². The fourth-order valence-corrected chi connectivity index (χ4v) is 0. The van der Waals surface area contributed by atoms with Crippen molar-refractivity contribution in [1.29, 1.82) is 0 Å². The molecule has 0 amide bonds. The van der Waals surface area contributed by atoms with Crippen LogP contribution < -0.4 is 0 Å². The number of halogens is 1. The summed E-state index contributed by atoms with van der Waals surface area (Å²) in [6.07, 6.45) is 0. The van der Waals surface area contributed by atoms with Crippen molar-refractivity contribution < 1.29 is 14.4 Å². The number of hydrogen-bond donors (Lipinski definition) is 2. The molecule has 0 aromatic rings. The standard InChI is InChI=1S/BrH.H4O3P2/c;1-5(2,3)4/h1H;4H2,(H2,1,2,3). The summed E-state index contributed by atoms with van der Waals surface area (Å²) < 4.78 is 9.29. The van der Waals surface area contributed by atoms with Crippen LogP contribution in [0.15, 0.2) is 0 Å². The van der Waals surface area contributed by atoms with E-state index in [9.17, 15) is 4.57 Å².